The second-order valence-electron chi connectivity index (χ2n) is 4.49. The molecule has 2 nitrogen and oxygen atoms in total. The minimum atomic E-state index is -0.0854. The SMILES string of the molecule is O=C(Nc1cccc2ccccc12)c1ccc(I)cc1. The van der Waals surface area contributed by atoms with Crippen LogP contribution in [0.15, 0.2) is 66.7 Å². The fourth-order valence-corrected chi connectivity index (χ4v) is 2.49. The molecule has 0 aliphatic rings. The summed E-state index contributed by atoms with van der Waals surface area (Å²) in [5.74, 6) is -0.0854. The summed E-state index contributed by atoms with van der Waals surface area (Å²) in [4.78, 5) is 12.3. The van der Waals surface area contributed by atoms with Crippen molar-refractivity contribution in [3.05, 3.63) is 75.9 Å². The molecule has 0 aliphatic carbocycles. The Morgan fingerprint density at radius 2 is 1.55 bits per heavy atom. The fraction of sp³-hybridized carbons (Fsp3) is 0. The van der Waals surface area contributed by atoms with E-state index in [1.165, 1.54) is 0 Å². The third-order valence-corrected chi connectivity index (χ3v) is 3.86. The highest BCUT2D eigenvalue weighted by Crippen LogP contribution is 2.23. The molecule has 0 unspecified atom stereocenters. The lowest BCUT2D eigenvalue weighted by Gasteiger charge is -2.08. The van der Waals surface area contributed by atoms with Crippen LogP contribution < -0.4 is 5.32 Å². The average Bonchev–Trinajstić information content (AvgIpc) is 2.48. The fourth-order valence-electron chi connectivity index (χ4n) is 2.13. The van der Waals surface area contributed by atoms with Crippen molar-refractivity contribution in [1.82, 2.24) is 0 Å². The lowest BCUT2D eigenvalue weighted by atomic mass is 10.1. The molecule has 0 aliphatic heterocycles. The lowest BCUT2D eigenvalue weighted by molar-refractivity contribution is 0.102. The Morgan fingerprint density at radius 1 is 0.850 bits per heavy atom. The summed E-state index contributed by atoms with van der Waals surface area (Å²) in [5.41, 5.74) is 1.50. The van der Waals surface area contributed by atoms with E-state index in [0.717, 1.165) is 20.0 Å². The number of carbonyl (C=O) groups is 1. The molecule has 0 fully saturated rings. The summed E-state index contributed by atoms with van der Waals surface area (Å²) in [6.07, 6.45) is 0. The Kier molecular flexibility index (Phi) is 3.69. The van der Waals surface area contributed by atoms with Gasteiger partial charge in [-0.25, -0.2) is 0 Å². The van der Waals surface area contributed by atoms with Crippen LogP contribution in [0.3, 0.4) is 0 Å². The van der Waals surface area contributed by atoms with Crippen LogP contribution in [0.25, 0.3) is 10.8 Å². The predicted molar refractivity (Wildman–Crippen MR) is 91.1 cm³/mol. The van der Waals surface area contributed by atoms with Gasteiger partial charge in [0.25, 0.3) is 5.91 Å². The Morgan fingerprint density at radius 3 is 2.35 bits per heavy atom. The van der Waals surface area contributed by atoms with Crippen molar-refractivity contribution in [3.8, 4) is 0 Å². The first-order valence-electron chi connectivity index (χ1n) is 6.29. The van der Waals surface area contributed by atoms with Crippen LogP contribution in [-0.2, 0) is 0 Å². The summed E-state index contributed by atoms with van der Waals surface area (Å²) in [6, 6.07) is 21.5. The highest BCUT2D eigenvalue weighted by Gasteiger charge is 2.07. The predicted octanol–water partition coefficient (Wildman–Crippen LogP) is 4.70. The second-order valence-corrected chi connectivity index (χ2v) is 5.73. The highest BCUT2D eigenvalue weighted by molar-refractivity contribution is 14.1. The first kappa shape index (κ1) is 13.1. The van der Waals surface area contributed by atoms with Gasteiger partial charge in [0.15, 0.2) is 0 Å². The molecule has 98 valence electrons. The molecule has 0 aromatic heterocycles. The number of carbonyl (C=O) groups excluding carboxylic acids is 1. The number of amides is 1. The largest absolute Gasteiger partial charge is 0.321 e. The topological polar surface area (TPSA) is 29.1 Å². The van der Waals surface area contributed by atoms with Crippen molar-refractivity contribution in [1.29, 1.82) is 0 Å². The molecule has 0 saturated carbocycles. The van der Waals surface area contributed by atoms with Gasteiger partial charge in [0.2, 0.25) is 0 Å². The van der Waals surface area contributed by atoms with E-state index in [1.54, 1.807) is 0 Å². The van der Waals surface area contributed by atoms with Crippen LogP contribution in [0.2, 0.25) is 0 Å². The third kappa shape index (κ3) is 2.67. The van der Waals surface area contributed by atoms with Crippen LogP contribution in [0, 0.1) is 3.57 Å². The van der Waals surface area contributed by atoms with Gasteiger partial charge in [0, 0.05) is 20.2 Å². The summed E-state index contributed by atoms with van der Waals surface area (Å²) >= 11 is 2.22. The molecule has 0 bridgehead atoms. The first-order valence-corrected chi connectivity index (χ1v) is 7.36. The zero-order chi connectivity index (χ0) is 13.9. The Hall–Kier alpha value is -1.88. The maximum absolute atomic E-state index is 12.3. The molecule has 0 heterocycles. The van der Waals surface area contributed by atoms with E-state index in [1.807, 2.05) is 66.7 Å². The Labute approximate surface area is 131 Å². The van der Waals surface area contributed by atoms with Crippen molar-refractivity contribution in [2.75, 3.05) is 5.32 Å². The number of rotatable bonds is 2. The van der Waals surface area contributed by atoms with Gasteiger partial charge in [-0.05, 0) is 58.3 Å². The summed E-state index contributed by atoms with van der Waals surface area (Å²) < 4.78 is 1.12. The van der Waals surface area contributed by atoms with Crippen molar-refractivity contribution >= 4 is 45.0 Å². The zero-order valence-corrected chi connectivity index (χ0v) is 12.8. The van der Waals surface area contributed by atoms with E-state index < -0.39 is 0 Å². The Balaban J connectivity index is 1.93. The van der Waals surface area contributed by atoms with E-state index in [-0.39, 0.29) is 5.91 Å². The Bertz CT molecular complexity index is 760. The number of hydrogen-bond acceptors (Lipinski definition) is 1. The minimum absolute atomic E-state index is 0.0854. The standard InChI is InChI=1S/C17H12INO/c18-14-10-8-13(9-11-14)17(20)19-16-7-3-5-12-4-1-2-6-15(12)16/h1-11H,(H,19,20). The average molecular weight is 373 g/mol. The molecular weight excluding hydrogens is 361 g/mol. The van der Waals surface area contributed by atoms with Crippen LogP contribution >= 0.6 is 22.6 Å². The van der Waals surface area contributed by atoms with Crippen LogP contribution in [0.5, 0.6) is 0 Å². The van der Waals surface area contributed by atoms with Gasteiger partial charge in [0.05, 0.1) is 0 Å². The first-order chi connectivity index (χ1) is 9.74. The lowest BCUT2D eigenvalue weighted by Crippen LogP contribution is -2.11. The number of benzene rings is 3. The molecular formula is C17H12INO. The van der Waals surface area contributed by atoms with Gasteiger partial charge in [-0.3, -0.25) is 4.79 Å². The molecule has 0 spiro atoms. The van der Waals surface area contributed by atoms with Crippen molar-refractivity contribution in [2.24, 2.45) is 0 Å². The van der Waals surface area contributed by atoms with E-state index in [0.29, 0.717) is 5.56 Å². The number of nitrogens with one attached hydrogen (secondary N) is 1. The van der Waals surface area contributed by atoms with Crippen molar-refractivity contribution in [3.63, 3.8) is 0 Å². The van der Waals surface area contributed by atoms with Crippen LogP contribution in [0.1, 0.15) is 10.4 Å². The number of anilines is 1. The third-order valence-electron chi connectivity index (χ3n) is 3.14. The van der Waals surface area contributed by atoms with Crippen molar-refractivity contribution in [2.45, 2.75) is 0 Å². The molecule has 1 N–H and O–H groups in total. The van der Waals surface area contributed by atoms with Crippen molar-refractivity contribution < 1.29 is 4.79 Å². The molecule has 20 heavy (non-hydrogen) atoms. The molecule has 0 radical (unpaired) electrons. The maximum atomic E-state index is 12.3. The second kappa shape index (κ2) is 5.63. The molecule has 3 rings (SSSR count). The van der Waals surface area contributed by atoms with Crippen LogP contribution in [-0.4, -0.2) is 5.91 Å². The zero-order valence-electron chi connectivity index (χ0n) is 10.6. The quantitative estimate of drug-likeness (QED) is 0.649. The molecule has 1 amide bonds. The van der Waals surface area contributed by atoms with Gasteiger partial charge < -0.3 is 5.32 Å². The summed E-state index contributed by atoms with van der Waals surface area (Å²) in [6.45, 7) is 0. The molecule has 3 heteroatoms. The van der Waals surface area contributed by atoms with Gasteiger partial charge in [-0.1, -0.05) is 36.4 Å². The minimum Gasteiger partial charge on any atom is -0.321 e. The number of halogens is 1. The van der Waals surface area contributed by atoms with Gasteiger partial charge in [0.1, 0.15) is 0 Å². The summed E-state index contributed by atoms with van der Waals surface area (Å²) in [5, 5.41) is 5.15. The monoisotopic (exact) mass is 373 g/mol. The highest BCUT2D eigenvalue weighted by atomic mass is 127. The normalized spacial score (nSPS) is 10.4. The molecule has 3 aromatic rings. The van der Waals surface area contributed by atoms with E-state index in [9.17, 15) is 4.79 Å². The maximum Gasteiger partial charge on any atom is 0.255 e. The van der Waals surface area contributed by atoms with Gasteiger partial charge in [-0.2, -0.15) is 0 Å². The van der Waals surface area contributed by atoms with Gasteiger partial charge >= 0.3 is 0 Å². The van der Waals surface area contributed by atoms with Crippen LogP contribution in [0.4, 0.5) is 5.69 Å². The molecule has 0 saturated heterocycles. The molecule has 3 aromatic carbocycles. The number of hydrogen-bond donors (Lipinski definition) is 1. The summed E-state index contributed by atoms with van der Waals surface area (Å²) in [7, 11) is 0. The van der Waals surface area contributed by atoms with E-state index in [4.69, 9.17) is 0 Å². The molecule has 0 atom stereocenters. The number of fused-ring (bicyclic) bond motifs is 1. The smallest absolute Gasteiger partial charge is 0.255 e. The van der Waals surface area contributed by atoms with E-state index in [2.05, 4.69) is 27.9 Å². The van der Waals surface area contributed by atoms with Gasteiger partial charge in [-0.15, -0.1) is 0 Å². The van der Waals surface area contributed by atoms with E-state index >= 15 is 0 Å².